The Morgan fingerprint density at radius 2 is 1.94 bits per heavy atom. The Balaban J connectivity index is 2.79. The number of hydrogen-bond donors (Lipinski definition) is 2. The summed E-state index contributed by atoms with van der Waals surface area (Å²) in [5.41, 5.74) is 0.615. The Labute approximate surface area is 106 Å². The van der Waals surface area contributed by atoms with Crippen molar-refractivity contribution in [1.29, 1.82) is 0 Å². The number of hydrogen-bond acceptors (Lipinski definition) is 3. The lowest BCUT2D eigenvalue weighted by Gasteiger charge is -2.19. The largest absolute Gasteiger partial charge is 0.478 e. The minimum Gasteiger partial charge on any atom is -0.478 e. The van der Waals surface area contributed by atoms with Gasteiger partial charge in [-0.05, 0) is 18.6 Å². The molecule has 0 radical (unpaired) electrons. The fourth-order valence-electron chi connectivity index (χ4n) is 1.68. The van der Waals surface area contributed by atoms with Gasteiger partial charge in [0.1, 0.15) is 0 Å². The molecular formula is C13H17NO4. The minimum atomic E-state index is -1.04. The van der Waals surface area contributed by atoms with Gasteiger partial charge in [0.2, 0.25) is 5.91 Å². The molecular weight excluding hydrogens is 234 g/mol. The number of nitrogens with zero attached hydrogens (tertiary/aromatic N) is 1. The molecule has 1 rings (SSSR count). The number of aliphatic hydroxyl groups is 1. The van der Waals surface area contributed by atoms with Crippen LogP contribution in [-0.4, -0.2) is 46.7 Å². The Kier molecular flexibility index (Phi) is 4.85. The van der Waals surface area contributed by atoms with E-state index in [4.69, 9.17) is 5.11 Å². The van der Waals surface area contributed by atoms with E-state index in [0.717, 1.165) is 0 Å². The van der Waals surface area contributed by atoms with E-state index in [1.807, 2.05) is 0 Å². The van der Waals surface area contributed by atoms with Gasteiger partial charge in [-0.1, -0.05) is 18.2 Å². The second-order valence-corrected chi connectivity index (χ2v) is 4.26. The highest BCUT2D eigenvalue weighted by atomic mass is 16.4. The Morgan fingerprint density at radius 3 is 2.50 bits per heavy atom. The van der Waals surface area contributed by atoms with Crippen molar-refractivity contribution >= 4 is 11.9 Å². The predicted molar refractivity (Wildman–Crippen MR) is 66.4 cm³/mol. The lowest BCUT2D eigenvalue weighted by Crippen LogP contribution is -2.34. The standard InChI is InChI=1S/C13H17NO4/c1-9(15)8-14(2)12(16)7-10-5-3-4-6-11(10)13(17)18/h3-6,9,15H,7-8H2,1-2H3,(H,17,18). The molecule has 0 aliphatic heterocycles. The third kappa shape index (κ3) is 3.85. The number of carboxylic acids is 1. The summed E-state index contributed by atoms with van der Waals surface area (Å²) < 4.78 is 0. The third-order valence-electron chi connectivity index (χ3n) is 2.55. The molecule has 2 N–H and O–H groups in total. The summed E-state index contributed by atoms with van der Waals surface area (Å²) in [6.07, 6.45) is -0.584. The third-order valence-corrected chi connectivity index (χ3v) is 2.55. The molecule has 1 amide bonds. The van der Waals surface area contributed by atoms with Crippen LogP contribution in [0.3, 0.4) is 0 Å². The van der Waals surface area contributed by atoms with E-state index in [9.17, 15) is 14.7 Å². The summed E-state index contributed by atoms with van der Waals surface area (Å²) in [7, 11) is 1.58. The summed E-state index contributed by atoms with van der Waals surface area (Å²) in [5, 5.41) is 18.2. The summed E-state index contributed by atoms with van der Waals surface area (Å²) >= 11 is 0. The van der Waals surface area contributed by atoms with Crippen LogP contribution in [0.25, 0.3) is 0 Å². The van der Waals surface area contributed by atoms with E-state index in [0.29, 0.717) is 5.56 Å². The quantitative estimate of drug-likeness (QED) is 0.810. The van der Waals surface area contributed by atoms with E-state index in [-0.39, 0.29) is 24.4 Å². The van der Waals surface area contributed by atoms with Gasteiger partial charge in [0.05, 0.1) is 18.1 Å². The summed E-state index contributed by atoms with van der Waals surface area (Å²) in [5.74, 6) is -1.26. The SMILES string of the molecule is CC(O)CN(C)C(=O)Cc1ccccc1C(=O)O. The zero-order chi connectivity index (χ0) is 13.7. The normalized spacial score (nSPS) is 11.9. The zero-order valence-corrected chi connectivity index (χ0v) is 10.5. The number of aromatic carboxylic acids is 1. The van der Waals surface area contributed by atoms with Crippen molar-refractivity contribution < 1.29 is 19.8 Å². The van der Waals surface area contributed by atoms with E-state index in [2.05, 4.69) is 0 Å². The number of amides is 1. The summed E-state index contributed by atoms with van der Waals surface area (Å²) in [6, 6.07) is 6.41. The van der Waals surface area contributed by atoms with Crippen LogP contribution in [0.15, 0.2) is 24.3 Å². The molecule has 0 heterocycles. The maximum absolute atomic E-state index is 11.8. The fourth-order valence-corrected chi connectivity index (χ4v) is 1.68. The molecule has 0 aromatic heterocycles. The molecule has 1 aromatic rings. The first-order chi connectivity index (χ1) is 8.41. The predicted octanol–water partition coefficient (Wildman–Crippen LogP) is 0.766. The number of likely N-dealkylation sites (N-methyl/N-ethyl adjacent to an activating group) is 1. The van der Waals surface area contributed by atoms with Gasteiger partial charge in [-0.15, -0.1) is 0 Å². The maximum atomic E-state index is 11.8. The van der Waals surface area contributed by atoms with Gasteiger partial charge in [0, 0.05) is 13.6 Å². The average molecular weight is 251 g/mol. The Hall–Kier alpha value is -1.88. The zero-order valence-electron chi connectivity index (χ0n) is 10.5. The van der Waals surface area contributed by atoms with Crippen molar-refractivity contribution in [1.82, 2.24) is 4.90 Å². The highest BCUT2D eigenvalue weighted by Crippen LogP contribution is 2.10. The molecule has 0 aliphatic rings. The first kappa shape index (κ1) is 14.2. The van der Waals surface area contributed by atoms with E-state index >= 15 is 0 Å². The smallest absolute Gasteiger partial charge is 0.335 e. The molecule has 0 aliphatic carbocycles. The number of benzene rings is 1. The lowest BCUT2D eigenvalue weighted by molar-refractivity contribution is -0.130. The van der Waals surface area contributed by atoms with Crippen molar-refractivity contribution in [3.63, 3.8) is 0 Å². The van der Waals surface area contributed by atoms with Crippen LogP contribution in [0.2, 0.25) is 0 Å². The number of carbonyl (C=O) groups is 2. The molecule has 5 heteroatoms. The van der Waals surface area contributed by atoms with Crippen molar-refractivity contribution in [2.45, 2.75) is 19.4 Å². The molecule has 0 saturated heterocycles. The number of rotatable bonds is 5. The van der Waals surface area contributed by atoms with Gasteiger partial charge in [-0.25, -0.2) is 4.79 Å². The van der Waals surface area contributed by atoms with Crippen molar-refractivity contribution in [2.24, 2.45) is 0 Å². The topological polar surface area (TPSA) is 77.8 Å². The molecule has 18 heavy (non-hydrogen) atoms. The molecule has 0 saturated carbocycles. The molecule has 1 aromatic carbocycles. The minimum absolute atomic E-state index is 0.0195. The van der Waals surface area contributed by atoms with E-state index in [1.165, 1.54) is 11.0 Å². The van der Waals surface area contributed by atoms with Crippen molar-refractivity contribution in [3.05, 3.63) is 35.4 Å². The number of aliphatic hydroxyl groups excluding tert-OH is 1. The number of carbonyl (C=O) groups excluding carboxylic acids is 1. The van der Waals surface area contributed by atoms with Crippen molar-refractivity contribution in [3.8, 4) is 0 Å². The van der Waals surface area contributed by atoms with E-state index in [1.54, 1.807) is 32.2 Å². The van der Waals surface area contributed by atoms with Gasteiger partial charge in [0.25, 0.3) is 0 Å². The van der Waals surface area contributed by atoms with Gasteiger partial charge in [0.15, 0.2) is 0 Å². The molecule has 0 fully saturated rings. The lowest BCUT2D eigenvalue weighted by atomic mass is 10.0. The highest BCUT2D eigenvalue weighted by molar-refractivity contribution is 5.91. The Bertz CT molecular complexity index is 442. The molecule has 98 valence electrons. The molecule has 0 spiro atoms. The van der Waals surface area contributed by atoms with Crippen LogP contribution in [-0.2, 0) is 11.2 Å². The van der Waals surface area contributed by atoms with Crippen LogP contribution >= 0.6 is 0 Å². The first-order valence-corrected chi connectivity index (χ1v) is 5.65. The van der Waals surface area contributed by atoms with Crippen molar-refractivity contribution in [2.75, 3.05) is 13.6 Å². The van der Waals surface area contributed by atoms with Crippen LogP contribution in [0.5, 0.6) is 0 Å². The molecule has 0 bridgehead atoms. The monoisotopic (exact) mass is 251 g/mol. The van der Waals surface area contributed by atoms with Gasteiger partial charge < -0.3 is 15.1 Å². The van der Waals surface area contributed by atoms with Gasteiger partial charge in [-0.2, -0.15) is 0 Å². The second-order valence-electron chi connectivity index (χ2n) is 4.26. The number of carboxylic acid groups (broad SMARTS) is 1. The highest BCUT2D eigenvalue weighted by Gasteiger charge is 2.16. The fraction of sp³-hybridized carbons (Fsp3) is 0.385. The van der Waals surface area contributed by atoms with Crippen LogP contribution in [0.1, 0.15) is 22.8 Å². The molecule has 5 nitrogen and oxygen atoms in total. The van der Waals surface area contributed by atoms with E-state index < -0.39 is 12.1 Å². The van der Waals surface area contributed by atoms with Gasteiger partial charge in [-0.3, -0.25) is 4.79 Å². The summed E-state index contributed by atoms with van der Waals surface area (Å²) in [6.45, 7) is 1.82. The Morgan fingerprint density at radius 1 is 1.33 bits per heavy atom. The van der Waals surface area contributed by atoms with Crippen LogP contribution in [0, 0.1) is 0 Å². The molecule has 1 atom stereocenters. The molecule has 1 unspecified atom stereocenters. The second kappa shape index (κ2) is 6.16. The summed E-state index contributed by atoms with van der Waals surface area (Å²) in [4.78, 5) is 24.2. The van der Waals surface area contributed by atoms with Gasteiger partial charge >= 0.3 is 5.97 Å². The first-order valence-electron chi connectivity index (χ1n) is 5.65. The average Bonchev–Trinajstić information content (AvgIpc) is 2.28. The maximum Gasteiger partial charge on any atom is 0.335 e. The van der Waals surface area contributed by atoms with Crippen LogP contribution in [0.4, 0.5) is 0 Å². The van der Waals surface area contributed by atoms with Crippen LogP contribution < -0.4 is 0 Å².